The van der Waals surface area contributed by atoms with Crippen molar-refractivity contribution in [3.05, 3.63) is 0 Å². The fourth-order valence-electron chi connectivity index (χ4n) is 0.0577. The number of aliphatic hydroxyl groups excluding tert-OH is 2. The lowest BCUT2D eigenvalue weighted by atomic mass is 10.8. The molecule has 0 spiro atoms. The smallest absolute Gasteiger partial charge is 0.188 e. The Hall–Kier alpha value is 0.0969. The molecule has 1 atom stereocenters. The van der Waals surface area contributed by atoms with Crippen LogP contribution in [-0.2, 0) is 0 Å². The van der Waals surface area contributed by atoms with Gasteiger partial charge in [-0.3, -0.25) is 0 Å². The molecule has 0 aromatic heterocycles. The summed E-state index contributed by atoms with van der Waals surface area (Å²) in [6.07, 6.45) is 0. The zero-order valence-electron chi connectivity index (χ0n) is 3.33. The highest BCUT2D eigenvalue weighted by Gasteiger charge is 1.95. The fraction of sp³-hybridized carbons (Fsp3) is 1.00. The standard InChI is InChI=1S/C2H8O3Si/c3-1-2(4)6-5/h2-5H,1,6H2. The van der Waals surface area contributed by atoms with Crippen LogP contribution in [0.1, 0.15) is 0 Å². The summed E-state index contributed by atoms with van der Waals surface area (Å²) in [6, 6.07) is 0. The molecule has 38 valence electrons. The first-order chi connectivity index (χ1) is 2.81. The van der Waals surface area contributed by atoms with Gasteiger partial charge in [-0.1, -0.05) is 0 Å². The Bertz CT molecular complexity index is 28.0. The maximum absolute atomic E-state index is 8.23. The Morgan fingerprint density at radius 3 is 2.17 bits per heavy atom. The average molecular weight is 108 g/mol. The van der Waals surface area contributed by atoms with Crippen LogP contribution in [0.5, 0.6) is 0 Å². The second kappa shape index (κ2) is 3.29. The molecule has 6 heavy (non-hydrogen) atoms. The van der Waals surface area contributed by atoms with Gasteiger partial charge in [0.2, 0.25) is 0 Å². The molecule has 3 nitrogen and oxygen atoms in total. The SMILES string of the molecule is OCC(O)[SiH2]O. The van der Waals surface area contributed by atoms with Crippen molar-refractivity contribution in [1.29, 1.82) is 0 Å². The van der Waals surface area contributed by atoms with E-state index in [2.05, 4.69) is 0 Å². The Morgan fingerprint density at radius 1 is 1.67 bits per heavy atom. The van der Waals surface area contributed by atoms with Crippen LogP contribution in [0, 0.1) is 0 Å². The molecule has 3 N–H and O–H groups in total. The van der Waals surface area contributed by atoms with E-state index in [4.69, 9.17) is 15.0 Å². The largest absolute Gasteiger partial charge is 0.435 e. The van der Waals surface area contributed by atoms with E-state index in [1.807, 2.05) is 0 Å². The molecular formula is C2H8O3Si. The fourth-order valence-corrected chi connectivity index (χ4v) is 0.173. The minimum Gasteiger partial charge on any atom is -0.435 e. The Balaban J connectivity index is 2.75. The van der Waals surface area contributed by atoms with Crippen LogP contribution in [0.3, 0.4) is 0 Å². The van der Waals surface area contributed by atoms with E-state index in [9.17, 15) is 0 Å². The van der Waals surface area contributed by atoms with E-state index < -0.39 is 15.5 Å². The summed E-state index contributed by atoms with van der Waals surface area (Å²) in [6.45, 7) is -0.303. The minimum atomic E-state index is -1.36. The van der Waals surface area contributed by atoms with Crippen molar-refractivity contribution in [1.82, 2.24) is 0 Å². The van der Waals surface area contributed by atoms with Gasteiger partial charge in [0.15, 0.2) is 9.76 Å². The third kappa shape index (κ3) is 2.34. The number of hydrogen-bond acceptors (Lipinski definition) is 3. The van der Waals surface area contributed by atoms with E-state index >= 15 is 0 Å². The highest BCUT2D eigenvalue weighted by molar-refractivity contribution is 6.27. The monoisotopic (exact) mass is 108 g/mol. The predicted octanol–water partition coefficient (Wildman–Crippen LogP) is -2.63. The first-order valence-corrected chi connectivity index (χ1v) is 3.16. The first-order valence-electron chi connectivity index (χ1n) is 1.71. The van der Waals surface area contributed by atoms with E-state index in [-0.39, 0.29) is 6.61 Å². The number of hydrogen-bond donors (Lipinski definition) is 3. The molecule has 0 aromatic rings. The average Bonchev–Trinajstić information content (AvgIpc) is 1.65. The summed E-state index contributed by atoms with van der Waals surface area (Å²) < 4.78 is 0. The predicted molar refractivity (Wildman–Crippen MR) is 23.9 cm³/mol. The summed E-state index contributed by atoms with van der Waals surface area (Å²) in [5, 5.41) is 16.2. The summed E-state index contributed by atoms with van der Waals surface area (Å²) >= 11 is 0. The van der Waals surface area contributed by atoms with E-state index in [0.717, 1.165) is 0 Å². The summed E-state index contributed by atoms with van der Waals surface area (Å²) in [4.78, 5) is 8.06. The van der Waals surface area contributed by atoms with Crippen molar-refractivity contribution in [2.75, 3.05) is 6.61 Å². The molecule has 1 unspecified atom stereocenters. The molecule has 0 radical (unpaired) electrons. The van der Waals surface area contributed by atoms with Crippen molar-refractivity contribution in [3.8, 4) is 0 Å². The molecule has 4 heteroatoms. The van der Waals surface area contributed by atoms with Gasteiger partial charge in [-0.2, -0.15) is 0 Å². The Kier molecular flexibility index (Phi) is 3.35. The second-order valence-electron chi connectivity index (χ2n) is 1.02. The van der Waals surface area contributed by atoms with E-state index in [0.29, 0.717) is 0 Å². The van der Waals surface area contributed by atoms with Crippen LogP contribution in [-0.4, -0.2) is 37.1 Å². The van der Waals surface area contributed by atoms with Gasteiger partial charge in [0.1, 0.15) is 0 Å². The summed E-state index contributed by atoms with van der Waals surface area (Å²) in [5.74, 6) is 0. The zero-order chi connectivity index (χ0) is 4.99. The van der Waals surface area contributed by atoms with Gasteiger partial charge in [-0.15, -0.1) is 0 Å². The lowest BCUT2D eigenvalue weighted by Crippen LogP contribution is -2.19. The molecule has 0 bridgehead atoms. The van der Waals surface area contributed by atoms with Gasteiger partial charge in [0.05, 0.1) is 12.3 Å². The maximum Gasteiger partial charge on any atom is 0.188 e. The third-order valence-electron chi connectivity index (χ3n) is 0.421. The van der Waals surface area contributed by atoms with Gasteiger partial charge in [0, 0.05) is 0 Å². The Morgan fingerprint density at radius 2 is 2.17 bits per heavy atom. The third-order valence-corrected chi connectivity index (χ3v) is 1.10. The lowest BCUT2D eigenvalue weighted by molar-refractivity contribution is 0.144. The molecule has 0 heterocycles. The maximum atomic E-state index is 8.23. The molecule has 0 aromatic carbocycles. The zero-order valence-corrected chi connectivity index (χ0v) is 4.75. The van der Waals surface area contributed by atoms with Gasteiger partial charge in [-0.25, -0.2) is 0 Å². The molecule has 0 saturated heterocycles. The molecule has 0 saturated carbocycles. The van der Waals surface area contributed by atoms with Gasteiger partial charge in [-0.05, 0) is 0 Å². The van der Waals surface area contributed by atoms with Crippen molar-refractivity contribution < 1.29 is 15.0 Å². The molecular weight excluding hydrogens is 100 g/mol. The molecule has 0 aliphatic carbocycles. The lowest BCUT2D eigenvalue weighted by Gasteiger charge is -1.95. The molecule has 0 rings (SSSR count). The van der Waals surface area contributed by atoms with Crippen LogP contribution >= 0.6 is 0 Å². The van der Waals surface area contributed by atoms with Crippen LogP contribution in [0.25, 0.3) is 0 Å². The van der Waals surface area contributed by atoms with Crippen LogP contribution < -0.4 is 0 Å². The highest BCUT2D eigenvalue weighted by Crippen LogP contribution is 1.68. The van der Waals surface area contributed by atoms with Gasteiger partial charge < -0.3 is 15.0 Å². The van der Waals surface area contributed by atoms with Crippen molar-refractivity contribution >= 4 is 9.76 Å². The number of rotatable bonds is 2. The van der Waals surface area contributed by atoms with Gasteiger partial charge in [0.25, 0.3) is 0 Å². The van der Waals surface area contributed by atoms with Crippen LogP contribution in [0.2, 0.25) is 0 Å². The van der Waals surface area contributed by atoms with Crippen molar-refractivity contribution in [3.63, 3.8) is 0 Å². The molecule has 0 aliphatic heterocycles. The normalized spacial score (nSPS) is 16.5. The van der Waals surface area contributed by atoms with Gasteiger partial charge >= 0.3 is 0 Å². The summed E-state index contributed by atoms with van der Waals surface area (Å²) in [7, 11) is -1.36. The van der Waals surface area contributed by atoms with Crippen molar-refractivity contribution in [2.24, 2.45) is 0 Å². The minimum absolute atomic E-state index is 0.303. The summed E-state index contributed by atoms with van der Waals surface area (Å²) in [5.41, 5.74) is -0.815. The first kappa shape index (κ1) is 6.10. The van der Waals surface area contributed by atoms with Crippen LogP contribution in [0.15, 0.2) is 0 Å². The van der Waals surface area contributed by atoms with E-state index in [1.165, 1.54) is 0 Å². The molecule has 0 aliphatic rings. The second-order valence-corrected chi connectivity index (χ2v) is 2.33. The number of aliphatic hydroxyl groups is 2. The van der Waals surface area contributed by atoms with Crippen molar-refractivity contribution in [2.45, 2.75) is 5.73 Å². The topological polar surface area (TPSA) is 60.7 Å². The molecule has 0 amide bonds. The van der Waals surface area contributed by atoms with Crippen LogP contribution in [0.4, 0.5) is 0 Å². The Labute approximate surface area is 38.2 Å². The van der Waals surface area contributed by atoms with E-state index in [1.54, 1.807) is 0 Å². The highest BCUT2D eigenvalue weighted by atomic mass is 28.2. The molecule has 0 fully saturated rings. The quantitative estimate of drug-likeness (QED) is 0.339.